The zero-order valence-corrected chi connectivity index (χ0v) is 22.0. The van der Waals surface area contributed by atoms with Crippen molar-refractivity contribution in [3.05, 3.63) is 47.3 Å². The molecule has 5 N–H and O–H groups in total. The quantitative estimate of drug-likeness (QED) is 0.422. The first-order valence-electron chi connectivity index (χ1n) is 13.3. The molecule has 0 saturated heterocycles. The number of carbonyl (C=O) groups excluding carboxylic acids is 1. The Morgan fingerprint density at radius 3 is 2.69 bits per heavy atom. The lowest BCUT2D eigenvalue weighted by Crippen LogP contribution is -2.48. The number of H-pyrrole nitrogens is 1. The van der Waals surface area contributed by atoms with Crippen LogP contribution < -0.4 is 16.0 Å². The van der Waals surface area contributed by atoms with Crippen molar-refractivity contribution in [1.82, 2.24) is 20.8 Å². The zero-order chi connectivity index (χ0) is 25.3. The normalized spacial score (nSPS) is 21.7. The van der Waals surface area contributed by atoms with Gasteiger partial charge in [-0.05, 0) is 43.0 Å². The molecule has 0 saturated carbocycles. The molecule has 2 aromatic rings. The van der Waals surface area contributed by atoms with Gasteiger partial charge in [-0.15, -0.1) is 0 Å². The average molecular weight is 484 g/mol. The second kappa shape index (κ2) is 13.1. The number of anilines is 1. The number of nitrogens with one attached hydrogen (secondary N) is 4. The molecule has 7 nitrogen and oxygen atoms in total. The second-order valence-electron chi connectivity index (χ2n) is 11.2. The van der Waals surface area contributed by atoms with Gasteiger partial charge in [-0.3, -0.25) is 9.89 Å². The van der Waals surface area contributed by atoms with Crippen LogP contribution in [0.1, 0.15) is 94.4 Å². The fourth-order valence-corrected chi connectivity index (χ4v) is 4.60. The van der Waals surface area contributed by atoms with E-state index in [2.05, 4.69) is 59.9 Å². The number of aliphatic hydroxyl groups excluding tert-OH is 1. The third kappa shape index (κ3) is 8.97. The molecule has 0 fully saturated rings. The predicted octanol–water partition coefficient (Wildman–Crippen LogP) is 4.75. The summed E-state index contributed by atoms with van der Waals surface area (Å²) >= 11 is 0. The zero-order valence-electron chi connectivity index (χ0n) is 22.0. The van der Waals surface area contributed by atoms with Gasteiger partial charge in [0, 0.05) is 42.0 Å². The van der Waals surface area contributed by atoms with Gasteiger partial charge in [0.2, 0.25) is 0 Å². The van der Waals surface area contributed by atoms with Crippen molar-refractivity contribution in [3.63, 3.8) is 0 Å². The second-order valence-corrected chi connectivity index (χ2v) is 11.2. The van der Waals surface area contributed by atoms with Crippen LogP contribution in [0.2, 0.25) is 0 Å². The summed E-state index contributed by atoms with van der Waals surface area (Å²) in [5.74, 6) is 0.290. The molecule has 3 rings (SSSR count). The highest BCUT2D eigenvalue weighted by molar-refractivity contribution is 5.95. The highest BCUT2D eigenvalue weighted by atomic mass is 16.3. The van der Waals surface area contributed by atoms with E-state index in [0.29, 0.717) is 24.6 Å². The molecule has 1 amide bonds. The van der Waals surface area contributed by atoms with Gasteiger partial charge >= 0.3 is 0 Å². The SMILES string of the molecule is C[C@@H]1CCCCCCCNc2cccc(c2)C(=O)N[C@H]([C@H](O)CNCc2cc(C(C)(C)C)n[nH]2)C1. The number of aromatic amines is 1. The summed E-state index contributed by atoms with van der Waals surface area (Å²) in [6, 6.07) is 9.39. The van der Waals surface area contributed by atoms with E-state index < -0.39 is 6.10 Å². The van der Waals surface area contributed by atoms with Crippen LogP contribution in [0, 0.1) is 5.92 Å². The number of amides is 1. The Morgan fingerprint density at radius 2 is 1.91 bits per heavy atom. The number of aromatic nitrogens is 2. The van der Waals surface area contributed by atoms with E-state index in [-0.39, 0.29) is 17.4 Å². The van der Waals surface area contributed by atoms with Gasteiger partial charge in [0.1, 0.15) is 0 Å². The molecule has 3 atom stereocenters. The monoisotopic (exact) mass is 483 g/mol. The van der Waals surface area contributed by atoms with Crippen molar-refractivity contribution in [2.45, 2.75) is 96.7 Å². The van der Waals surface area contributed by atoms with E-state index >= 15 is 0 Å². The maximum absolute atomic E-state index is 13.1. The van der Waals surface area contributed by atoms with E-state index in [1.165, 1.54) is 25.7 Å². The van der Waals surface area contributed by atoms with Crippen LogP contribution in [0.15, 0.2) is 30.3 Å². The number of hydrogen-bond acceptors (Lipinski definition) is 5. The Balaban J connectivity index is 1.64. The van der Waals surface area contributed by atoms with Gasteiger partial charge in [-0.1, -0.05) is 65.9 Å². The number of benzene rings is 1. The Morgan fingerprint density at radius 1 is 1.14 bits per heavy atom. The van der Waals surface area contributed by atoms with Gasteiger partial charge in [0.15, 0.2) is 0 Å². The van der Waals surface area contributed by atoms with Gasteiger partial charge < -0.3 is 21.1 Å². The van der Waals surface area contributed by atoms with Crippen LogP contribution in [0.5, 0.6) is 0 Å². The van der Waals surface area contributed by atoms with Crippen molar-refractivity contribution in [2.24, 2.45) is 5.92 Å². The van der Waals surface area contributed by atoms with Crippen molar-refractivity contribution in [1.29, 1.82) is 0 Å². The van der Waals surface area contributed by atoms with Crippen LogP contribution in [-0.2, 0) is 12.0 Å². The minimum atomic E-state index is -0.688. The molecule has 0 aliphatic carbocycles. The molecule has 35 heavy (non-hydrogen) atoms. The molecule has 1 aromatic carbocycles. The van der Waals surface area contributed by atoms with Crippen LogP contribution in [0.4, 0.5) is 5.69 Å². The molecule has 1 aliphatic heterocycles. The van der Waals surface area contributed by atoms with E-state index in [1.807, 2.05) is 24.3 Å². The van der Waals surface area contributed by atoms with E-state index in [4.69, 9.17) is 0 Å². The Hall–Kier alpha value is -2.38. The van der Waals surface area contributed by atoms with Crippen LogP contribution in [0.3, 0.4) is 0 Å². The van der Waals surface area contributed by atoms with Gasteiger partial charge in [0.25, 0.3) is 5.91 Å². The highest BCUT2D eigenvalue weighted by Gasteiger charge is 2.24. The summed E-state index contributed by atoms with van der Waals surface area (Å²) in [7, 11) is 0. The number of aliphatic hydroxyl groups is 1. The smallest absolute Gasteiger partial charge is 0.251 e. The molecule has 0 spiro atoms. The third-order valence-corrected chi connectivity index (χ3v) is 6.83. The Kier molecular flexibility index (Phi) is 10.2. The van der Waals surface area contributed by atoms with Crippen molar-refractivity contribution in [3.8, 4) is 0 Å². The number of fused-ring (bicyclic) bond motifs is 2. The fourth-order valence-electron chi connectivity index (χ4n) is 4.60. The lowest BCUT2D eigenvalue weighted by molar-refractivity contribution is 0.0792. The Labute approximate surface area is 210 Å². The lowest BCUT2D eigenvalue weighted by atomic mass is 9.92. The predicted molar refractivity (Wildman–Crippen MR) is 143 cm³/mol. The van der Waals surface area contributed by atoms with Crippen LogP contribution in [0.25, 0.3) is 0 Å². The summed E-state index contributed by atoms with van der Waals surface area (Å²) < 4.78 is 0. The first-order valence-corrected chi connectivity index (χ1v) is 13.3. The topological polar surface area (TPSA) is 102 Å². The molecule has 7 heteroatoms. The van der Waals surface area contributed by atoms with Crippen LogP contribution in [-0.4, -0.2) is 46.4 Å². The number of rotatable bonds is 5. The van der Waals surface area contributed by atoms with Gasteiger partial charge in [-0.25, -0.2) is 0 Å². The summed E-state index contributed by atoms with van der Waals surface area (Å²) in [5, 5.41) is 28.5. The van der Waals surface area contributed by atoms with Crippen molar-refractivity contribution < 1.29 is 9.90 Å². The minimum absolute atomic E-state index is 0.00871. The minimum Gasteiger partial charge on any atom is -0.390 e. The molecule has 2 heterocycles. The molecule has 0 unspecified atom stereocenters. The summed E-state index contributed by atoms with van der Waals surface area (Å²) in [4.78, 5) is 13.1. The van der Waals surface area contributed by atoms with Crippen molar-refractivity contribution in [2.75, 3.05) is 18.4 Å². The molecule has 194 valence electrons. The fraction of sp³-hybridized carbons (Fsp3) is 0.643. The summed E-state index contributed by atoms with van der Waals surface area (Å²) in [5.41, 5.74) is 3.58. The largest absolute Gasteiger partial charge is 0.390 e. The number of carbonyl (C=O) groups is 1. The lowest BCUT2D eigenvalue weighted by Gasteiger charge is -2.27. The third-order valence-electron chi connectivity index (χ3n) is 6.83. The maximum atomic E-state index is 13.1. The van der Waals surface area contributed by atoms with E-state index in [9.17, 15) is 9.90 Å². The molecular formula is C28H45N5O2. The van der Waals surface area contributed by atoms with Gasteiger partial charge in [-0.2, -0.15) is 5.10 Å². The van der Waals surface area contributed by atoms with E-state index in [0.717, 1.165) is 42.9 Å². The summed E-state index contributed by atoms with van der Waals surface area (Å²) in [6.07, 6.45) is 7.23. The molecule has 1 aromatic heterocycles. The summed E-state index contributed by atoms with van der Waals surface area (Å²) in [6.45, 7) is 10.5. The Bertz CT molecular complexity index is 920. The molecule has 2 bridgehead atoms. The maximum Gasteiger partial charge on any atom is 0.251 e. The van der Waals surface area contributed by atoms with Crippen LogP contribution >= 0.6 is 0 Å². The molecule has 1 aliphatic rings. The highest BCUT2D eigenvalue weighted by Crippen LogP contribution is 2.21. The first-order chi connectivity index (χ1) is 16.7. The molecular weight excluding hydrogens is 438 g/mol. The average Bonchev–Trinajstić information content (AvgIpc) is 3.29. The van der Waals surface area contributed by atoms with Crippen molar-refractivity contribution >= 4 is 11.6 Å². The number of nitrogens with zero attached hydrogens (tertiary/aromatic N) is 1. The van der Waals surface area contributed by atoms with Gasteiger partial charge in [0.05, 0.1) is 17.8 Å². The first kappa shape index (κ1) is 27.2. The molecule has 0 radical (unpaired) electrons. The number of hydrogen-bond donors (Lipinski definition) is 5. The standard InChI is InChI=1S/C28H45N5O2/c1-20-11-8-6-5-7-9-14-30-22-13-10-12-21(16-22)27(35)31-24(15-20)25(34)19-29-18-23-17-26(33-32-23)28(2,3)4/h10,12-13,16-17,20,24-25,29-30,34H,5-9,11,14-15,18-19H2,1-4H3,(H,31,35)(H,32,33)/t20-,24+,25-/m1/s1. The van der Waals surface area contributed by atoms with E-state index in [1.54, 1.807) is 0 Å².